The molecular weight excluding hydrogens is 216 g/mol. The average molecular weight is 232 g/mol. The molecule has 0 saturated carbocycles. The second kappa shape index (κ2) is 7.08. The highest BCUT2D eigenvalue weighted by Gasteiger charge is 1.80. The molecule has 0 heterocycles. The molecule has 0 nitrogen and oxygen atoms in total. The molecule has 0 N–H and O–H groups in total. The van der Waals surface area contributed by atoms with Gasteiger partial charge in [0.1, 0.15) is 0 Å². The first-order valence-electron chi connectivity index (χ1n) is 6.07. The normalized spacial score (nSPS) is 11.8. The largest absolute Gasteiger partial charge is 0.0622 e. The third kappa shape index (κ3) is 4.26. The van der Waals surface area contributed by atoms with Crippen molar-refractivity contribution in [1.82, 2.24) is 0 Å². The molecule has 0 amide bonds. The second-order valence-corrected chi connectivity index (χ2v) is 3.92. The summed E-state index contributed by atoms with van der Waals surface area (Å²) in [6.45, 7) is 0. The van der Waals surface area contributed by atoms with Crippen LogP contribution in [0.4, 0.5) is 0 Å². The fourth-order valence-corrected chi connectivity index (χ4v) is 1.59. The smallest absolute Gasteiger partial charge is 0.0257 e. The molecule has 0 fully saturated rings. The van der Waals surface area contributed by atoms with E-state index in [9.17, 15) is 0 Å². The third-order valence-corrected chi connectivity index (χ3v) is 2.51. The van der Waals surface area contributed by atoms with Crippen LogP contribution in [0.3, 0.4) is 0 Å². The molecule has 0 bridgehead atoms. The quantitative estimate of drug-likeness (QED) is 0.653. The molecular formula is C18H16. The maximum absolute atomic E-state index is 2.09. The molecule has 2 aromatic carbocycles. The van der Waals surface area contributed by atoms with Gasteiger partial charge in [0, 0.05) is 0 Å². The van der Waals surface area contributed by atoms with Crippen LogP contribution < -0.4 is 0 Å². The lowest BCUT2D eigenvalue weighted by Crippen LogP contribution is -1.67. The van der Waals surface area contributed by atoms with Crippen LogP contribution in [0.1, 0.15) is 11.1 Å². The van der Waals surface area contributed by atoms with Crippen molar-refractivity contribution in [2.75, 3.05) is 0 Å². The molecule has 0 atom stereocenters. The summed E-state index contributed by atoms with van der Waals surface area (Å²) >= 11 is 0. The average Bonchev–Trinajstić information content (AvgIpc) is 2.45. The van der Waals surface area contributed by atoms with Gasteiger partial charge < -0.3 is 0 Å². The van der Waals surface area contributed by atoms with Gasteiger partial charge in [-0.3, -0.25) is 0 Å². The van der Waals surface area contributed by atoms with E-state index in [0.29, 0.717) is 0 Å². The summed E-state index contributed by atoms with van der Waals surface area (Å²) < 4.78 is 0. The van der Waals surface area contributed by atoms with Gasteiger partial charge in [-0.05, 0) is 11.1 Å². The lowest BCUT2D eigenvalue weighted by Gasteiger charge is -1.89. The number of benzene rings is 2. The Kier molecular flexibility index (Phi) is 4.77. The van der Waals surface area contributed by atoms with Crippen molar-refractivity contribution in [2.24, 2.45) is 0 Å². The summed E-state index contributed by atoms with van der Waals surface area (Å²) in [6, 6.07) is 20.6. The highest BCUT2D eigenvalue weighted by molar-refractivity contribution is 5.53. The van der Waals surface area contributed by atoms with Gasteiger partial charge in [-0.25, -0.2) is 0 Å². The molecule has 0 saturated heterocycles. The Balaban J connectivity index is 1.86. The Morgan fingerprint density at radius 2 is 0.833 bits per heavy atom. The van der Waals surface area contributed by atoms with E-state index < -0.39 is 0 Å². The van der Waals surface area contributed by atoms with E-state index in [0.717, 1.165) is 0 Å². The molecule has 88 valence electrons. The van der Waals surface area contributed by atoms with Crippen molar-refractivity contribution < 1.29 is 0 Å². The van der Waals surface area contributed by atoms with Crippen LogP contribution in [0.2, 0.25) is 0 Å². The topological polar surface area (TPSA) is 0 Å². The molecule has 0 aliphatic carbocycles. The molecule has 2 aromatic rings. The summed E-state index contributed by atoms with van der Waals surface area (Å²) in [5, 5.41) is 0. The van der Waals surface area contributed by atoms with Crippen molar-refractivity contribution in [1.29, 1.82) is 0 Å². The number of allylic oxidation sites excluding steroid dienone is 4. The fourth-order valence-electron chi connectivity index (χ4n) is 1.59. The van der Waals surface area contributed by atoms with Gasteiger partial charge in [0.25, 0.3) is 0 Å². The van der Waals surface area contributed by atoms with Gasteiger partial charge in [0.15, 0.2) is 0 Å². The first kappa shape index (κ1) is 12.1. The molecule has 0 heteroatoms. The molecule has 18 heavy (non-hydrogen) atoms. The summed E-state index contributed by atoms with van der Waals surface area (Å²) in [5.41, 5.74) is 2.43. The van der Waals surface area contributed by atoms with Gasteiger partial charge in [0.2, 0.25) is 0 Å². The van der Waals surface area contributed by atoms with Crippen molar-refractivity contribution >= 4 is 12.2 Å². The predicted octanol–water partition coefficient (Wildman–Crippen LogP) is 4.97. The van der Waals surface area contributed by atoms with Crippen LogP contribution in [0.15, 0.2) is 85.0 Å². The second-order valence-electron chi connectivity index (χ2n) is 3.92. The summed E-state index contributed by atoms with van der Waals surface area (Å²) in [6.07, 6.45) is 12.3. The first-order valence-corrected chi connectivity index (χ1v) is 6.07. The van der Waals surface area contributed by atoms with Crippen LogP contribution in [-0.2, 0) is 0 Å². The van der Waals surface area contributed by atoms with Crippen molar-refractivity contribution in [3.05, 3.63) is 96.1 Å². The zero-order valence-corrected chi connectivity index (χ0v) is 10.2. The minimum atomic E-state index is 1.22. The molecule has 0 aromatic heterocycles. The van der Waals surface area contributed by atoms with E-state index >= 15 is 0 Å². The number of hydrogen-bond donors (Lipinski definition) is 0. The van der Waals surface area contributed by atoms with Crippen LogP contribution in [0.5, 0.6) is 0 Å². The zero-order chi connectivity index (χ0) is 12.5. The molecule has 0 spiro atoms. The Morgan fingerprint density at radius 1 is 0.444 bits per heavy atom. The lowest BCUT2D eigenvalue weighted by molar-refractivity contribution is 1.66. The minimum Gasteiger partial charge on any atom is -0.0622 e. The van der Waals surface area contributed by atoms with E-state index in [2.05, 4.69) is 36.4 Å². The SMILES string of the molecule is C(=C/C=C/c1ccccc1)/C=C/c1ccccc1. The van der Waals surface area contributed by atoms with Crippen LogP contribution in [-0.4, -0.2) is 0 Å². The van der Waals surface area contributed by atoms with Gasteiger partial charge in [-0.1, -0.05) is 97.1 Å². The highest BCUT2D eigenvalue weighted by Crippen LogP contribution is 2.02. The standard InChI is InChI=1S/C18H16/c1(5-11-17-13-7-3-8-14-17)2-6-12-18-15-9-4-10-16-18/h1-16H/b2-1-,11-5+,12-6+. The molecule has 0 radical (unpaired) electrons. The predicted molar refractivity (Wildman–Crippen MR) is 80.1 cm³/mol. The Hall–Kier alpha value is -2.34. The van der Waals surface area contributed by atoms with Crippen LogP contribution >= 0.6 is 0 Å². The molecule has 0 unspecified atom stereocenters. The van der Waals surface area contributed by atoms with Gasteiger partial charge in [-0.15, -0.1) is 0 Å². The molecule has 0 aliphatic heterocycles. The third-order valence-electron chi connectivity index (χ3n) is 2.51. The Bertz CT molecular complexity index is 479. The van der Waals surface area contributed by atoms with Crippen molar-refractivity contribution in [3.63, 3.8) is 0 Å². The van der Waals surface area contributed by atoms with E-state index in [1.54, 1.807) is 0 Å². The van der Waals surface area contributed by atoms with Crippen LogP contribution in [0, 0.1) is 0 Å². The summed E-state index contributed by atoms with van der Waals surface area (Å²) in [5.74, 6) is 0. The lowest BCUT2D eigenvalue weighted by atomic mass is 10.2. The Labute approximate surface area is 109 Å². The van der Waals surface area contributed by atoms with Gasteiger partial charge in [-0.2, -0.15) is 0 Å². The maximum atomic E-state index is 2.09. The van der Waals surface area contributed by atoms with E-state index in [-0.39, 0.29) is 0 Å². The maximum Gasteiger partial charge on any atom is -0.0257 e. The summed E-state index contributed by atoms with van der Waals surface area (Å²) in [7, 11) is 0. The molecule has 2 rings (SSSR count). The summed E-state index contributed by atoms with van der Waals surface area (Å²) in [4.78, 5) is 0. The van der Waals surface area contributed by atoms with E-state index in [1.165, 1.54) is 11.1 Å². The van der Waals surface area contributed by atoms with Crippen molar-refractivity contribution in [3.8, 4) is 0 Å². The number of rotatable bonds is 4. The number of hydrogen-bond acceptors (Lipinski definition) is 0. The first-order chi connectivity index (χ1) is 8.95. The minimum absolute atomic E-state index is 1.22. The fraction of sp³-hybridized carbons (Fsp3) is 0. The van der Waals surface area contributed by atoms with Crippen molar-refractivity contribution in [2.45, 2.75) is 0 Å². The van der Waals surface area contributed by atoms with Gasteiger partial charge >= 0.3 is 0 Å². The zero-order valence-electron chi connectivity index (χ0n) is 10.2. The van der Waals surface area contributed by atoms with E-state index in [4.69, 9.17) is 0 Å². The van der Waals surface area contributed by atoms with Gasteiger partial charge in [0.05, 0.1) is 0 Å². The Morgan fingerprint density at radius 3 is 1.22 bits per heavy atom. The molecule has 0 aliphatic rings. The highest BCUT2D eigenvalue weighted by atomic mass is 13.9. The monoisotopic (exact) mass is 232 g/mol. The van der Waals surface area contributed by atoms with Crippen LogP contribution in [0.25, 0.3) is 12.2 Å². The van der Waals surface area contributed by atoms with E-state index in [1.807, 2.05) is 60.7 Å².